The largest absolute Gasteiger partial charge is 0.366 e. The van der Waals surface area contributed by atoms with Crippen LogP contribution in [0.25, 0.3) is 11.0 Å². The van der Waals surface area contributed by atoms with E-state index >= 15 is 0 Å². The molecule has 9 heteroatoms. The first-order valence-electron chi connectivity index (χ1n) is 10.9. The second kappa shape index (κ2) is 11.7. The van der Waals surface area contributed by atoms with E-state index < -0.39 is 17.5 Å². The summed E-state index contributed by atoms with van der Waals surface area (Å²) in [5, 5.41) is 13.1. The van der Waals surface area contributed by atoms with Crippen molar-refractivity contribution >= 4 is 28.4 Å². The zero-order chi connectivity index (χ0) is 24.6. The number of nitrogens with one attached hydrogen (secondary N) is 2. The van der Waals surface area contributed by atoms with Crippen molar-refractivity contribution in [3.05, 3.63) is 53.5 Å². The number of halogens is 1. The summed E-state index contributed by atoms with van der Waals surface area (Å²) in [4.78, 5) is 22.5. The molecule has 0 aliphatic rings. The van der Waals surface area contributed by atoms with Crippen molar-refractivity contribution in [3.8, 4) is 0 Å². The number of aromatic nitrogens is 2. The van der Waals surface area contributed by atoms with Crippen molar-refractivity contribution in [2.24, 2.45) is 7.05 Å². The Morgan fingerprint density at radius 2 is 1.97 bits per heavy atom. The molecule has 0 unspecified atom stereocenters. The van der Waals surface area contributed by atoms with Crippen molar-refractivity contribution in [1.29, 1.82) is 0 Å². The minimum absolute atomic E-state index is 0.195. The molecule has 1 aromatic carbocycles. The quantitative estimate of drug-likeness (QED) is 0.246. The molecule has 0 aliphatic heterocycles. The fraction of sp³-hybridized carbons (Fsp3) is 0.417. The SMILES string of the molecule is CC.Cc1ccc(Nc2c(C(=O)NOCCCOC(C)(C)O)c3cccnc3n2C)c(F)c1. The number of ether oxygens (including phenoxy) is 1. The van der Waals surface area contributed by atoms with Gasteiger partial charge in [0.25, 0.3) is 5.91 Å². The molecule has 0 spiro atoms. The number of nitrogens with zero attached hydrogens (tertiary/aromatic N) is 2. The van der Waals surface area contributed by atoms with Gasteiger partial charge in [0.15, 0.2) is 5.79 Å². The molecule has 0 atom stereocenters. The van der Waals surface area contributed by atoms with E-state index in [-0.39, 0.29) is 18.9 Å². The highest BCUT2D eigenvalue weighted by Crippen LogP contribution is 2.31. The summed E-state index contributed by atoms with van der Waals surface area (Å²) in [5.41, 5.74) is 4.32. The van der Waals surface area contributed by atoms with E-state index in [9.17, 15) is 14.3 Å². The van der Waals surface area contributed by atoms with Crippen molar-refractivity contribution < 1.29 is 23.9 Å². The molecule has 8 nitrogen and oxygen atoms in total. The van der Waals surface area contributed by atoms with Crippen LogP contribution >= 0.6 is 0 Å². The molecule has 0 saturated carbocycles. The van der Waals surface area contributed by atoms with Crippen LogP contribution in [0.15, 0.2) is 36.5 Å². The van der Waals surface area contributed by atoms with Crippen LogP contribution in [-0.2, 0) is 16.6 Å². The third-order valence-electron chi connectivity index (χ3n) is 4.56. The first-order chi connectivity index (χ1) is 15.7. The fourth-order valence-corrected chi connectivity index (χ4v) is 3.11. The number of aryl methyl sites for hydroxylation is 2. The minimum Gasteiger partial charge on any atom is -0.366 e. The molecular formula is C24H33FN4O4. The Hall–Kier alpha value is -3.01. The monoisotopic (exact) mass is 460 g/mol. The summed E-state index contributed by atoms with van der Waals surface area (Å²) in [7, 11) is 1.75. The Balaban J connectivity index is 0.00000187. The Labute approximate surface area is 193 Å². The lowest BCUT2D eigenvalue weighted by Gasteiger charge is -2.17. The number of pyridine rings is 1. The van der Waals surface area contributed by atoms with E-state index in [4.69, 9.17) is 9.57 Å². The van der Waals surface area contributed by atoms with Gasteiger partial charge in [0.2, 0.25) is 0 Å². The van der Waals surface area contributed by atoms with E-state index in [1.54, 1.807) is 49.0 Å². The van der Waals surface area contributed by atoms with Crippen LogP contribution < -0.4 is 10.8 Å². The lowest BCUT2D eigenvalue weighted by molar-refractivity contribution is -0.178. The Bertz CT molecular complexity index is 1080. The highest BCUT2D eigenvalue weighted by atomic mass is 19.1. The summed E-state index contributed by atoms with van der Waals surface area (Å²) in [6.45, 7) is 9.35. The summed E-state index contributed by atoms with van der Waals surface area (Å²) in [5.74, 6) is -1.74. The van der Waals surface area contributed by atoms with Gasteiger partial charge in [-0.25, -0.2) is 14.9 Å². The molecule has 3 aromatic rings. The third kappa shape index (κ3) is 6.98. The molecule has 2 aromatic heterocycles. The number of benzene rings is 1. The molecule has 0 saturated heterocycles. The molecule has 3 N–H and O–H groups in total. The number of hydrogen-bond donors (Lipinski definition) is 3. The molecule has 180 valence electrons. The predicted molar refractivity (Wildman–Crippen MR) is 127 cm³/mol. The molecule has 0 bridgehead atoms. The lowest BCUT2D eigenvalue weighted by Crippen LogP contribution is -2.27. The number of rotatable bonds is 9. The van der Waals surface area contributed by atoms with E-state index in [2.05, 4.69) is 15.8 Å². The number of aliphatic hydroxyl groups is 1. The highest BCUT2D eigenvalue weighted by Gasteiger charge is 2.23. The smallest absolute Gasteiger partial charge is 0.279 e. The number of anilines is 2. The van der Waals surface area contributed by atoms with Crippen molar-refractivity contribution in [2.75, 3.05) is 18.5 Å². The van der Waals surface area contributed by atoms with Crippen LogP contribution in [0, 0.1) is 12.7 Å². The maximum atomic E-state index is 14.4. The first kappa shape index (κ1) is 26.2. The van der Waals surface area contributed by atoms with Gasteiger partial charge in [-0.15, -0.1) is 0 Å². The van der Waals surface area contributed by atoms with Gasteiger partial charge in [-0.3, -0.25) is 9.63 Å². The maximum Gasteiger partial charge on any atom is 0.279 e. The van der Waals surface area contributed by atoms with Gasteiger partial charge in [-0.2, -0.15) is 0 Å². The van der Waals surface area contributed by atoms with Gasteiger partial charge in [0.1, 0.15) is 17.3 Å². The Kier molecular flexibility index (Phi) is 9.33. The van der Waals surface area contributed by atoms with Crippen LogP contribution in [-0.4, -0.2) is 39.6 Å². The summed E-state index contributed by atoms with van der Waals surface area (Å²) in [6.07, 6.45) is 2.10. The van der Waals surface area contributed by atoms with Gasteiger partial charge in [-0.1, -0.05) is 19.9 Å². The van der Waals surface area contributed by atoms with Gasteiger partial charge < -0.3 is 19.7 Å². The van der Waals surface area contributed by atoms with Gasteiger partial charge >= 0.3 is 0 Å². The Morgan fingerprint density at radius 3 is 2.64 bits per heavy atom. The predicted octanol–water partition coefficient (Wildman–Crippen LogP) is 4.59. The van der Waals surface area contributed by atoms with E-state index in [1.807, 2.05) is 13.8 Å². The molecule has 1 amide bonds. The minimum atomic E-state index is -1.22. The van der Waals surface area contributed by atoms with E-state index in [0.717, 1.165) is 5.56 Å². The molecular weight excluding hydrogens is 427 g/mol. The van der Waals surface area contributed by atoms with Gasteiger partial charge in [-0.05, 0) is 57.0 Å². The Morgan fingerprint density at radius 1 is 1.24 bits per heavy atom. The van der Waals surface area contributed by atoms with Crippen LogP contribution in [0.1, 0.15) is 50.0 Å². The molecule has 33 heavy (non-hydrogen) atoms. The first-order valence-corrected chi connectivity index (χ1v) is 10.9. The number of carbonyl (C=O) groups is 1. The molecule has 3 rings (SSSR count). The molecule has 0 fully saturated rings. The average Bonchev–Trinajstić information content (AvgIpc) is 3.05. The molecule has 2 heterocycles. The number of hydroxylamine groups is 1. The van der Waals surface area contributed by atoms with E-state index in [0.29, 0.717) is 28.8 Å². The number of hydrogen-bond acceptors (Lipinski definition) is 6. The van der Waals surface area contributed by atoms with Crippen molar-refractivity contribution in [3.63, 3.8) is 0 Å². The van der Waals surface area contributed by atoms with Crippen LogP contribution in [0.2, 0.25) is 0 Å². The highest BCUT2D eigenvalue weighted by molar-refractivity contribution is 6.11. The normalized spacial score (nSPS) is 11.2. The maximum absolute atomic E-state index is 14.4. The van der Waals surface area contributed by atoms with E-state index in [1.165, 1.54) is 19.9 Å². The van der Waals surface area contributed by atoms with Gasteiger partial charge in [0.05, 0.1) is 24.5 Å². The summed E-state index contributed by atoms with van der Waals surface area (Å²) in [6, 6.07) is 8.32. The zero-order valence-corrected chi connectivity index (χ0v) is 20.0. The summed E-state index contributed by atoms with van der Waals surface area (Å²) < 4.78 is 21.3. The number of carbonyl (C=O) groups excluding carboxylic acids is 1. The summed E-state index contributed by atoms with van der Waals surface area (Å²) >= 11 is 0. The van der Waals surface area contributed by atoms with Crippen LogP contribution in [0.5, 0.6) is 0 Å². The number of fused-ring (bicyclic) bond motifs is 1. The lowest BCUT2D eigenvalue weighted by atomic mass is 10.2. The molecule has 0 aliphatic carbocycles. The fourth-order valence-electron chi connectivity index (χ4n) is 3.11. The standard InChI is InChI=1S/C22H27FN4O4.C2H6/c1-14-8-9-17(16(23)13-14)25-20-18(15-7-5-10-24-19(15)27(20)4)21(28)26-31-12-6-11-30-22(2,3)29;1-2/h5,7-10,13,25,29H,6,11-12H2,1-4H3,(H,26,28);1-2H3. The van der Waals surface area contributed by atoms with Crippen molar-refractivity contribution in [1.82, 2.24) is 15.0 Å². The van der Waals surface area contributed by atoms with Gasteiger partial charge in [0, 0.05) is 18.6 Å². The second-order valence-corrected chi connectivity index (χ2v) is 7.69. The third-order valence-corrected chi connectivity index (χ3v) is 4.56. The average molecular weight is 461 g/mol. The second-order valence-electron chi connectivity index (χ2n) is 7.69. The van der Waals surface area contributed by atoms with Crippen molar-refractivity contribution in [2.45, 2.75) is 46.8 Å². The molecule has 0 radical (unpaired) electrons. The van der Waals surface area contributed by atoms with Crippen LogP contribution in [0.4, 0.5) is 15.9 Å². The zero-order valence-electron chi connectivity index (χ0n) is 20.0. The topological polar surface area (TPSA) is 97.6 Å². The van der Waals surface area contributed by atoms with Crippen LogP contribution in [0.3, 0.4) is 0 Å². The number of amides is 1.